The molecule has 0 aliphatic heterocycles. The van der Waals surface area contributed by atoms with E-state index in [1.165, 1.54) is 7.11 Å². The number of ether oxygens (including phenoxy) is 1. The lowest BCUT2D eigenvalue weighted by Gasteiger charge is -2.18. The predicted molar refractivity (Wildman–Crippen MR) is 249 cm³/mol. The van der Waals surface area contributed by atoms with Gasteiger partial charge in [0.15, 0.2) is 11.5 Å². The number of carboxylic acids is 2. The van der Waals surface area contributed by atoms with Gasteiger partial charge in [0, 0.05) is 5.56 Å². The van der Waals surface area contributed by atoms with Crippen molar-refractivity contribution in [3.05, 3.63) is 210 Å². The normalized spacial score (nSPS) is 11.6. The van der Waals surface area contributed by atoms with E-state index >= 15 is 0 Å². The number of carbonyl (C=O) groups is 4. The summed E-state index contributed by atoms with van der Waals surface area (Å²) < 4.78 is 8.63. The molecule has 14 heteroatoms. The Morgan fingerprint density at radius 2 is 1.20 bits per heavy atom. The first-order chi connectivity index (χ1) is 32.1. The van der Waals surface area contributed by atoms with Crippen LogP contribution in [-0.4, -0.2) is 65.6 Å². The van der Waals surface area contributed by atoms with E-state index in [1.54, 1.807) is 39.7 Å². The van der Waals surface area contributed by atoms with Crippen molar-refractivity contribution in [3.8, 4) is 34.1 Å². The Labute approximate surface area is 381 Å². The molecule has 6 aromatic carbocycles. The van der Waals surface area contributed by atoms with Crippen molar-refractivity contribution in [2.24, 2.45) is 0 Å². The lowest BCUT2D eigenvalue weighted by Crippen LogP contribution is -2.31. The Balaban J connectivity index is 0.000000196. The molecule has 0 saturated heterocycles. The van der Waals surface area contributed by atoms with Crippen molar-refractivity contribution in [1.82, 2.24) is 35.2 Å². The van der Waals surface area contributed by atoms with E-state index in [2.05, 4.69) is 25.8 Å². The van der Waals surface area contributed by atoms with Crippen LogP contribution in [-0.2, 0) is 16.1 Å². The van der Waals surface area contributed by atoms with Gasteiger partial charge >= 0.3 is 11.9 Å². The van der Waals surface area contributed by atoms with Crippen molar-refractivity contribution >= 4 is 23.8 Å². The van der Waals surface area contributed by atoms with Crippen LogP contribution in [0.25, 0.3) is 28.3 Å². The second-order valence-corrected chi connectivity index (χ2v) is 15.2. The minimum absolute atomic E-state index is 0.0593. The average molecular weight is 882 g/mol. The summed E-state index contributed by atoms with van der Waals surface area (Å²) in [5, 5.41) is 33.5. The van der Waals surface area contributed by atoms with Gasteiger partial charge < -0.3 is 25.6 Å². The Hall–Kier alpha value is -8.65. The minimum Gasteiger partial charge on any atom is -0.497 e. The highest BCUT2D eigenvalue weighted by atomic mass is 16.5. The summed E-state index contributed by atoms with van der Waals surface area (Å²) in [5.41, 5.74) is 6.92. The number of para-hydroxylation sites is 1. The second kappa shape index (κ2) is 21.6. The standard InChI is InChI=1S/C27H25N3O3.C25H22N4O4/c1-19-10-8-9-15-22(19)23(17-26(31)32)28-27(33)24-16-25(21-13-6-3-7-14-21)30(29-24)18-20-11-4-2-5-12-20;1-33-20-14-8-11-18(15-20)21(16-22(30)31)26-25(32)23-27-24(17-9-4-2-5-10-17)29(28-23)19-12-6-3-7-13-19/h2-16,23H,17-18H2,1H3,(H,28,33)(H,31,32);2-15,21H,16H2,1H3,(H,26,32)(H,30,31)/t23-;21-/m00/s1. The zero-order chi connectivity index (χ0) is 46.4. The molecule has 0 aliphatic carbocycles. The number of hydrogen-bond donors (Lipinski definition) is 4. The fraction of sp³-hybridized carbons (Fsp3) is 0.135. The van der Waals surface area contributed by atoms with Crippen LogP contribution in [0.2, 0.25) is 0 Å². The van der Waals surface area contributed by atoms with Gasteiger partial charge in [0.2, 0.25) is 5.82 Å². The lowest BCUT2D eigenvalue weighted by atomic mass is 9.98. The number of carbonyl (C=O) groups excluding carboxylic acids is 2. The van der Waals surface area contributed by atoms with Gasteiger partial charge in [-0.1, -0.05) is 146 Å². The van der Waals surface area contributed by atoms with E-state index < -0.39 is 35.8 Å². The van der Waals surface area contributed by atoms with Crippen LogP contribution in [0.1, 0.15) is 68.3 Å². The molecule has 8 rings (SSSR count). The maximum Gasteiger partial charge on any atom is 0.305 e. The molecular formula is C52H47N7O7. The Bertz CT molecular complexity index is 2850. The first-order valence-corrected chi connectivity index (χ1v) is 21.1. The van der Waals surface area contributed by atoms with Crippen LogP contribution in [0.15, 0.2) is 176 Å². The third-order valence-electron chi connectivity index (χ3n) is 10.5. The first-order valence-electron chi connectivity index (χ1n) is 21.1. The van der Waals surface area contributed by atoms with E-state index in [0.29, 0.717) is 23.7 Å². The number of aryl methyl sites for hydroxylation is 1. The van der Waals surface area contributed by atoms with E-state index in [1.807, 2.05) is 153 Å². The number of benzene rings is 6. The quantitative estimate of drug-likeness (QED) is 0.0730. The number of nitrogens with one attached hydrogen (secondary N) is 2. The summed E-state index contributed by atoms with van der Waals surface area (Å²) >= 11 is 0. The van der Waals surface area contributed by atoms with Gasteiger partial charge in [0.05, 0.1) is 50.0 Å². The van der Waals surface area contributed by atoms with Crippen LogP contribution in [0.4, 0.5) is 0 Å². The van der Waals surface area contributed by atoms with Gasteiger partial charge in [0.25, 0.3) is 11.8 Å². The average Bonchev–Trinajstić information content (AvgIpc) is 3.98. The number of nitrogens with zero attached hydrogens (tertiary/aromatic N) is 5. The topological polar surface area (TPSA) is 191 Å². The maximum atomic E-state index is 13.2. The number of hydrogen-bond acceptors (Lipinski definition) is 8. The third kappa shape index (κ3) is 11.7. The largest absolute Gasteiger partial charge is 0.497 e. The van der Waals surface area contributed by atoms with Gasteiger partial charge in [-0.25, -0.2) is 9.67 Å². The zero-order valence-electron chi connectivity index (χ0n) is 36.2. The van der Waals surface area contributed by atoms with Crippen LogP contribution in [0.3, 0.4) is 0 Å². The molecule has 2 aromatic heterocycles. The molecule has 66 heavy (non-hydrogen) atoms. The Morgan fingerprint density at radius 3 is 1.83 bits per heavy atom. The molecule has 0 unspecified atom stereocenters. The van der Waals surface area contributed by atoms with Crippen LogP contribution in [0, 0.1) is 6.92 Å². The molecule has 0 saturated carbocycles. The highest BCUT2D eigenvalue weighted by Crippen LogP contribution is 2.26. The summed E-state index contributed by atoms with van der Waals surface area (Å²) in [6.07, 6.45) is -0.517. The van der Waals surface area contributed by atoms with Gasteiger partial charge in [-0.05, 0) is 65.1 Å². The van der Waals surface area contributed by atoms with E-state index in [4.69, 9.17) is 4.74 Å². The van der Waals surface area contributed by atoms with Crippen molar-refractivity contribution in [1.29, 1.82) is 0 Å². The number of rotatable bonds is 16. The summed E-state index contributed by atoms with van der Waals surface area (Å²) in [6, 6.07) is 53.2. The number of methoxy groups -OCH3 is 1. The Morgan fingerprint density at radius 1 is 0.621 bits per heavy atom. The van der Waals surface area contributed by atoms with E-state index in [-0.39, 0.29) is 24.4 Å². The fourth-order valence-electron chi connectivity index (χ4n) is 7.31. The monoisotopic (exact) mass is 881 g/mol. The highest BCUT2D eigenvalue weighted by Gasteiger charge is 2.25. The number of aliphatic carboxylic acids is 2. The molecule has 0 bridgehead atoms. The zero-order valence-corrected chi connectivity index (χ0v) is 36.2. The number of carboxylic acid groups (broad SMARTS) is 2. The molecule has 2 heterocycles. The summed E-state index contributed by atoms with van der Waals surface area (Å²) in [4.78, 5) is 53.7. The molecule has 332 valence electrons. The summed E-state index contributed by atoms with van der Waals surface area (Å²) in [5.74, 6) is -2.00. The van der Waals surface area contributed by atoms with Crippen LogP contribution < -0.4 is 15.4 Å². The molecule has 2 atom stereocenters. The maximum absolute atomic E-state index is 13.2. The minimum atomic E-state index is -1.05. The van der Waals surface area contributed by atoms with Gasteiger partial charge in [0.1, 0.15) is 5.75 Å². The van der Waals surface area contributed by atoms with Crippen molar-refractivity contribution < 1.29 is 34.1 Å². The molecule has 14 nitrogen and oxygen atoms in total. The second-order valence-electron chi connectivity index (χ2n) is 15.2. The van der Waals surface area contributed by atoms with E-state index in [0.717, 1.165) is 39.2 Å². The number of amides is 2. The molecule has 0 spiro atoms. The van der Waals surface area contributed by atoms with Crippen molar-refractivity contribution in [3.63, 3.8) is 0 Å². The molecular weight excluding hydrogens is 835 g/mol. The molecule has 0 aliphatic rings. The third-order valence-corrected chi connectivity index (χ3v) is 10.5. The van der Waals surface area contributed by atoms with Crippen LogP contribution >= 0.6 is 0 Å². The molecule has 4 N–H and O–H groups in total. The fourth-order valence-corrected chi connectivity index (χ4v) is 7.31. The van der Waals surface area contributed by atoms with Gasteiger partial charge in [-0.3, -0.25) is 23.9 Å². The van der Waals surface area contributed by atoms with E-state index in [9.17, 15) is 29.4 Å². The predicted octanol–water partition coefficient (Wildman–Crippen LogP) is 8.74. The first kappa shape index (κ1) is 45.4. The number of aromatic nitrogens is 5. The SMILES string of the molecule is COc1cccc([C@H](CC(=O)O)NC(=O)c2nc(-c3ccccc3)n(-c3ccccc3)n2)c1.Cc1ccccc1[C@H](CC(=O)O)NC(=O)c1cc(-c2ccccc2)n(Cc2ccccc2)n1. The molecule has 8 aromatic rings. The summed E-state index contributed by atoms with van der Waals surface area (Å²) in [6.45, 7) is 2.41. The van der Waals surface area contributed by atoms with Crippen LogP contribution in [0.5, 0.6) is 5.75 Å². The molecule has 0 radical (unpaired) electrons. The van der Waals surface area contributed by atoms with Gasteiger partial charge in [-0.15, -0.1) is 5.10 Å². The lowest BCUT2D eigenvalue weighted by molar-refractivity contribution is -0.138. The highest BCUT2D eigenvalue weighted by molar-refractivity contribution is 5.94. The van der Waals surface area contributed by atoms with Gasteiger partial charge in [-0.2, -0.15) is 5.10 Å². The molecule has 0 fully saturated rings. The molecule has 2 amide bonds. The van der Waals surface area contributed by atoms with Crippen molar-refractivity contribution in [2.75, 3.05) is 7.11 Å². The smallest absolute Gasteiger partial charge is 0.305 e. The summed E-state index contributed by atoms with van der Waals surface area (Å²) in [7, 11) is 1.52. The van der Waals surface area contributed by atoms with Crippen molar-refractivity contribution in [2.45, 2.75) is 38.4 Å². The Kier molecular flexibility index (Phi) is 14.9.